The van der Waals surface area contributed by atoms with Crippen LogP contribution in [0.3, 0.4) is 0 Å². The molecule has 0 saturated heterocycles. The zero-order valence-electron chi connectivity index (χ0n) is 10.9. The number of hydrogen-bond donors (Lipinski definition) is 2. The van der Waals surface area contributed by atoms with Gasteiger partial charge >= 0.3 is 6.18 Å². The highest BCUT2D eigenvalue weighted by Gasteiger charge is 2.35. The van der Waals surface area contributed by atoms with Crippen LogP contribution in [-0.2, 0) is 11.0 Å². The molecular weight excluding hydrogens is 273 g/mol. The summed E-state index contributed by atoms with van der Waals surface area (Å²) in [5.41, 5.74) is -0.996. The predicted octanol–water partition coefficient (Wildman–Crippen LogP) is 1.82. The molecule has 8 heteroatoms. The van der Waals surface area contributed by atoms with Crippen LogP contribution in [0.25, 0.3) is 0 Å². The minimum absolute atomic E-state index is 0.0909. The van der Waals surface area contributed by atoms with Crippen LogP contribution in [0, 0.1) is 5.92 Å². The fraction of sp³-hybridized carbons (Fsp3) is 0.583. The van der Waals surface area contributed by atoms with Gasteiger partial charge in [0.25, 0.3) is 0 Å². The quantitative estimate of drug-likeness (QED) is 0.890. The maximum Gasteiger partial charge on any atom is 0.433 e. The predicted molar refractivity (Wildman–Crippen MR) is 65.9 cm³/mol. The summed E-state index contributed by atoms with van der Waals surface area (Å²) in [6.07, 6.45) is -1.34. The maximum atomic E-state index is 12.6. The van der Waals surface area contributed by atoms with Gasteiger partial charge in [0.1, 0.15) is 17.8 Å². The minimum atomic E-state index is -4.50. The van der Waals surface area contributed by atoms with Crippen molar-refractivity contribution in [3.63, 3.8) is 0 Å². The molecule has 1 fully saturated rings. The summed E-state index contributed by atoms with van der Waals surface area (Å²) in [5, 5.41) is 5.47. The van der Waals surface area contributed by atoms with Crippen LogP contribution in [0.5, 0.6) is 0 Å². The third-order valence-electron chi connectivity index (χ3n) is 3.39. The molecule has 2 atom stereocenters. The third kappa shape index (κ3) is 3.17. The van der Waals surface area contributed by atoms with Crippen molar-refractivity contribution >= 4 is 11.7 Å². The Labute approximate surface area is 114 Å². The molecule has 1 amide bonds. The number of carbonyl (C=O) groups is 1. The average Bonchev–Trinajstić information content (AvgIpc) is 2.85. The first-order valence-corrected chi connectivity index (χ1v) is 6.29. The van der Waals surface area contributed by atoms with E-state index in [9.17, 15) is 18.0 Å². The topological polar surface area (TPSA) is 66.9 Å². The molecule has 1 aromatic heterocycles. The summed E-state index contributed by atoms with van der Waals surface area (Å²) in [6.45, 7) is 0. The number of aromatic nitrogens is 2. The summed E-state index contributed by atoms with van der Waals surface area (Å²) in [4.78, 5) is 18.7. The van der Waals surface area contributed by atoms with Crippen LogP contribution in [0.2, 0.25) is 0 Å². The van der Waals surface area contributed by atoms with Gasteiger partial charge in [-0.25, -0.2) is 9.97 Å². The van der Waals surface area contributed by atoms with Crippen molar-refractivity contribution in [1.82, 2.24) is 15.3 Å². The number of hydrogen-bond acceptors (Lipinski definition) is 4. The van der Waals surface area contributed by atoms with Crippen molar-refractivity contribution in [2.45, 2.75) is 31.5 Å². The highest BCUT2D eigenvalue weighted by atomic mass is 19.4. The van der Waals surface area contributed by atoms with Crippen LogP contribution in [0.15, 0.2) is 12.4 Å². The lowest BCUT2D eigenvalue weighted by molar-refractivity contribution is -0.141. The Morgan fingerprint density at radius 2 is 2.10 bits per heavy atom. The van der Waals surface area contributed by atoms with E-state index in [0.29, 0.717) is 6.42 Å². The van der Waals surface area contributed by atoms with E-state index in [1.807, 2.05) is 0 Å². The summed E-state index contributed by atoms with van der Waals surface area (Å²) >= 11 is 0. The van der Waals surface area contributed by atoms with E-state index in [4.69, 9.17) is 0 Å². The zero-order valence-corrected chi connectivity index (χ0v) is 10.9. The molecule has 20 heavy (non-hydrogen) atoms. The van der Waals surface area contributed by atoms with E-state index in [1.54, 1.807) is 7.05 Å². The standard InChI is InChI=1S/C12H15F3N4O/c1-16-11(20)7-3-2-4-8(7)19-10-5-9(12(13,14)15)17-6-18-10/h5-8H,2-4H2,1H3,(H,16,20)(H,17,18,19). The maximum absolute atomic E-state index is 12.6. The van der Waals surface area contributed by atoms with E-state index in [-0.39, 0.29) is 23.7 Å². The van der Waals surface area contributed by atoms with E-state index in [0.717, 1.165) is 25.2 Å². The monoisotopic (exact) mass is 288 g/mol. The Morgan fingerprint density at radius 3 is 2.75 bits per heavy atom. The Balaban J connectivity index is 2.12. The van der Waals surface area contributed by atoms with E-state index < -0.39 is 11.9 Å². The van der Waals surface area contributed by atoms with Crippen molar-refractivity contribution < 1.29 is 18.0 Å². The smallest absolute Gasteiger partial charge is 0.366 e. The SMILES string of the molecule is CNC(=O)C1CCCC1Nc1cc(C(F)(F)F)ncn1. The van der Waals surface area contributed by atoms with Gasteiger partial charge in [-0.1, -0.05) is 6.42 Å². The molecule has 0 aliphatic heterocycles. The molecular formula is C12H15F3N4O. The van der Waals surface area contributed by atoms with Gasteiger partial charge in [0.2, 0.25) is 5.91 Å². The second kappa shape index (κ2) is 5.64. The number of halogens is 3. The number of rotatable bonds is 3. The highest BCUT2D eigenvalue weighted by molar-refractivity contribution is 5.79. The molecule has 1 aliphatic rings. The first-order valence-electron chi connectivity index (χ1n) is 6.29. The first kappa shape index (κ1) is 14.5. The van der Waals surface area contributed by atoms with Gasteiger partial charge in [0, 0.05) is 19.2 Å². The Bertz CT molecular complexity index is 492. The van der Waals surface area contributed by atoms with Crippen LogP contribution < -0.4 is 10.6 Å². The van der Waals surface area contributed by atoms with Gasteiger partial charge in [-0.2, -0.15) is 13.2 Å². The fourth-order valence-electron chi connectivity index (χ4n) is 2.41. The molecule has 2 unspecified atom stereocenters. The number of carbonyl (C=O) groups excluding carboxylic acids is 1. The highest BCUT2D eigenvalue weighted by Crippen LogP contribution is 2.31. The first-order chi connectivity index (χ1) is 9.41. The Kier molecular flexibility index (Phi) is 4.10. The molecule has 1 aromatic rings. The Morgan fingerprint density at radius 1 is 1.35 bits per heavy atom. The van der Waals surface area contributed by atoms with E-state index in [1.165, 1.54) is 0 Å². The van der Waals surface area contributed by atoms with Crippen LogP contribution in [-0.4, -0.2) is 29.0 Å². The third-order valence-corrected chi connectivity index (χ3v) is 3.39. The molecule has 0 bridgehead atoms. The molecule has 0 aromatic carbocycles. The van der Waals surface area contributed by atoms with Crippen molar-refractivity contribution in [3.8, 4) is 0 Å². The average molecular weight is 288 g/mol. The fourth-order valence-corrected chi connectivity index (χ4v) is 2.41. The van der Waals surface area contributed by atoms with Gasteiger partial charge < -0.3 is 10.6 Å². The summed E-state index contributed by atoms with van der Waals surface area (Å²) in [6, 6.07) is 0.658. The number of anilines is 1. The molecule has 2 rings (SSSR count). The van der Waals surface area contributed by atoms with E-state index in [2.05, 4.69) is 20.6 Å². The lowest BCUT2D eigenvalue weighted by Gasteiger charge is -2.20. The minimum Gasteiger partial charge on any atom is -0.366 e. The molecule has 1 aliphatic carbocycles. The molecule has 5 nitrogen and oxygen atoms in total. The van der Waals surface area contributed by atoms with Gasteiger partial charge in [-0.05, 0) is 12.8 Å². The van der Waals surface area contributed by atoms with Crippen molar-refractivity contribution in [2.75, 3.05) is 12.4 Å². The lowest BCUT2D eigenvalue weighted by Crippen LogP contribution is -2.36. The van der Waals surface area contributed by atoms with Crippen LogP contribution in [0.4, 0.5) is 19.0 Å². The summed E-state index contributed by atoms with van der Waals surface area (Å²) < 4.78 is 37.7. The molecule has 1 heterocycles. The number of nitrogens with one attached hydrogen (secondary N) is 2. The van der Waals surface area contributed by atoms with Crippen molar-refractivity contribution in [1.29, 1.82) is 0 Å². The van der Waals surface area contributed by atoms with Gasteiger partial charge in [-0.3, -0.25) is 4.79 Å². The number of alkyl halides is 3. The Hall–Kier alpha value is -1.86. The summed E-state index contributed by atoms with van der Waals surface area (Å²) in [7, 11) is 1.55. The second-order valence-electron chi connectivity index (χ2n) is 4.69. The molecule has 2 N–H and O–H groups in total. The molecule has 110 valence electrons. The number of amides is 1. The largest absolute Gasteiger partial charge is 0.433 e. The summed E-state index contributed by atoms with van der Waals surface area (Å²) in [5.74, 6) is -0.262. The van der Waals surface area contributed by atoms with Crippen molar-refractivity contribution in [3.05, 3.63) is 18.1 Å². The zero-order chi connectivity index (χ0) is 14.8. The lowest BCUT2D eigenvalue weighted by atomic mass is 10.0. The number of nitrogens with zero attached hydrogens (tertiary/aromatic N) is 2. The van der Waals surface area contributed by atoms with Gasteiger partial charge in [0.15, 0.2) is 0 Å². The normalized spacial score (nSPS) is 22.6. The van der Waals surface area contributed by atoms with Crippen molar-refractivity contribution in [2.24, 2.45) is 5.92 Å². The molecule has 0 radical (unpaired) electrons. The second-order valence-corrected chi connectivity index (χ2v) is 4.69. The molecule has 1 saturated carbocycles. The van der Waals surface area contributed by atoms with Gasteiger partial charge in [0.05, 0.1) is 5.92 Å². The van der Waals surface area contributed by atoms with E-state index >= 15 is 0 Å². The molecule has 0 spiro atoms. The van der Waals surface area contributed by atoms with Crippen LogP contribution >= 0.6 is 0 Å². The van der Waals surface area contributed by atoms with Gasteiger partial charge in [-0.15, -0.1) is 0 Å². The van der Waals surface area contributed by atoms with Crippen LogP contribution in [0.1, 0.15) is 25.0 Å².